The Morgan fingerprint density at radius 1 is 0.742 bits per heavy atom. The van der Waals surface area contributed by atoms with Gasteiger partial charge in [-0.15, -0.1) is 0 Å². The highest BCUT2D eigenvalue weighted by molar-refractivity contribution is 6.00. The number of rotatable bonds is 13. The maximum atomic E-state index is 11.5. The molecule has 0 radical (unpaired) electrons. The van der Waals surface area contributed by atoms with E-state index in [9.17, 15) is 4.79 Å². The van der Waals surface area contributed by atoms with Crippen LogP contribution in [0.1, 0.15) is 71.6 Å². The second kappa shape index (κ2) is 12.3. The molecule has 0 bridgehead atoms. The second-order valence-electron chi connectivity index (χ2n) is 8.64. The Balaban J connectivity index is 1.29. The molecule has 0 amide bonds. The summed E-state index contributed by atoms with van der Waals surface area (Å²) in [6.45, 7) is 4.56. The van der Waals surface area contributed by atoms with Crippen molar-refractivity contribution in [1.29, 1.82) is 0 Å². The molecule has 0 aliphatic carbocycles. The molecule has 166 valence electrons. The Kier molecular flexibility index (Phi) is 9.20. The smallest absolute Gasteiger partial charge is 0.306 e. The van der Waals surface area contributed by atoms with E-state index in [1.54, 1.807) is 0 Å². The van der Waals surface area contributed by atoms with Crippen molar-refractivity contribution in [3.05, 3.63) is 54.6 Å². The predicted molar refractivity (Wildman–Crippen MR) is 130 cm³/mol. The fourth-order valence-corrected chi connectivity index (χ4v) is 4.00. The highest BCUT2D eigenvalue weighted by Crippen LogP contribution is 2.30. The Bertz CT molecular complexity index is 961. The lowest BCUT2D eigenvalue weighted by atomic mass is 10.0. The van der Waals surface area contributed by atoms with Crippen molar-refractivity contribution in [3.63, 3.8) is 0 Å². The van der Waals surface area contributed by atoms with Crippen LogP contribution in [-0.4, -0.2) is 18.7 Å². The average Bonchev–Trinajstić information content (AvgIpc) is 2.75. The van der Waals surface area contributed by atoms with Gasteiger partial charge in [-0.3, -0.25) is 4.79 Å². The van der Waals surface area contributed by atoms with Crippen molar-refractivity contribution in [1.82, 2.24) is 0 Å². The molecule has 3 heteroatoms. The average molecular weight is 421 g/mol. The van der Waals surface area contributed by atoms with E-state index < -0.39 is 0 Å². The topological polar surface area (TPSA) is 35.5 Å². The van der Waals surface area contributed by atoms with Gasteiger partial charge in [0.2, 0.25) is 0 Å². The number of fused-ring (bicyclic) bond motifs is 2. The summed E-state index contributed by atoms with van der Waals surface area (Å²) in [4.78, 5) is 11.5. The van der Waals surface area contributed by atoms with Gasteiger partial charge < -0.3 is 9.47 Å². The maximum Gasteiger partial charge on any atom is 0.306 e. The Morgan fingerprint density at radius 3 is 2.06 bits per heavy atom. The van der Waals surface area contributed by atoms with E-state index in [0.717, 1.165) is 31.6 Å². The standard InChI is InChI=1S/C28H36O3/c1-22(2)31-28(29)18-9-7-5-3-4-6-8-12-19-30-27-17-13-16-25-20-23-14-10-11-15-24(23)21-26(25)27/h10-11,13-17,20-22H,3-9,12,18-19H2,1-2H3. The van der Waals surface area contributed by atoms with E-state index >= 15 is 0 Å². The molecule has 0 spiro atoms. The van der Waals surface area contributed by atoms with Gasteiger partial charge in [0.1, 0.15) is 5.75 Å². The largest absolute Gasteiger partial charge is 0.493 e. The van der Waals surface area contributed by atoms with Crippen LogP contribution in [0.15, 0.2) is 54.6 Å². The molecule has 0 aromatic heterocycles. The molecule has 0 aliphatic heterocycles. The monoisotopic (exact) mass is 420 g/mol. The summed E-state index contributed by atoms with van der Waals surface area (Å²) in [5.74, 6) is 0.925. The third-order valence-electron chi connectivity index (χ3n) is 5.61. The summed E-state index contributed by atoms with van der Waals surface area (Å²) in [5.41, 5.74) is 0. The van der Waals surface area contributed by atoms with Crippen LogP contribution >= 0.6 is 0 Å². The lowest BCUT2D eigenvalue weighted by Crippen LogP contribution is -2.10. The molecule has 3 aromatic rings. The number of hydrogen-bond donors (Lipinski definition) is 0. The van der Waals surface area contributed by atoms with Crippen LogP contribution in [0.2, 0.25) is 0 Å². The number of unbranched alkanes of at least 4 members (excludes halogenated alkanes) is 7. The number of benzene rings is 3. The minimum absolute atomic E-state index is 0.00280. The zero-order valence-corrected chi connectivity index (χ0v) is 19.1. The summed E-state index contributed by atoms with van der Waals surface area (Å²) in [7, 11) is 0. The normalized spacial score (nSPS) is 11.3. The van der Waals surface area contributed by atoms with Gasteiger partial charge in [0, 0.05) is 11.8 Å². The second-order valence-corrected chi connectivity index (χ2v) is 8.64. The zero-order chi connectivity index (χ0) is 21.9. The zero-order valence-electron chi connectivity index (χ0n) is 19.1. The molecule has 3 nitrogen and oxygen atoms in total. The van der Waals surface area contributed by atoms with E-state index in [4.69, 9.17) is 9.47 Å². The summed E-state index contributed by atoms with van der Waals surface area (Å²) >= 11 is 0. The van der Waals surface area contributed by atoms with Crippen LogP contribution in [0.4, 0.5) is 0 Å². The SMILES string of the molecule is CC(C)OC(=O)CCCCCCCCCCOc1cccc2cc3ccccc3cc12. The van der Waals surface area contributed by atoms with Crippen LogP contribution in [0.25, 0.3) is 21.5 Å². The van der Waals surface area contributed by atoms with Gasteiger partial charge in [-0.1, -0.05) is 74.9 Å². The number of carbonyl (C=O) groups excluding carboxylic acids is 1. The van der Waals surface area contributed by atoms with Crippen LogP contribution in [0.5, 0.6) is 5.75 Å². The predicted octanol–water partition coefficient (Wildman–Crippen LogP) is 7.83. The van der Waals surface area contributed by atoms with E-state index in [2.05, 4.69) is 54.6 Å². The Hall–Kier alpha value is -2.55. The molecule has 0 saturated heterocycles. The lowest BCUT2D eigenvalue weighted by molar-refractivity contribution is -0.147. The third kappa shape index (κ3) is 7.57. The van der Waals surface area contributed by atoms with Crippen molar-refractivity contribution in [2.45, 2.75) is 77.7 Å². The van der Waals surface area contributed by atoms with E-state index in [1.165, 1.54) is 53.6 Å². The van der Waals surface area contributed by atoms with E-state index in [0.29, 0.717) is 6.42 Å². The molecule has 0 heterocycles. The third-order valence-corrected chi connectivity index (χ3v) is 5.61. The highest BCUT2D eigenvalue weighted by atomic mass is 16.5. The molecular formula is C28H36O3. The Morgan fingerprint density at radius 2 is 1.35 bits per heavy atom. The molecule has 0 saturated carbocycles. The fraction of sp³-hybridized carbons (Fsp3) is 0.464. The molecule has 3 aromatic carbocycles. The number of ether oxygens (including phenoxy) is 2. The van der Waals surface area contributed by atoms with Crippen LogP contribution < -0.4 is 4.74 Å². The minimum atomic E-state index is -0.0608. The first-order chi connectivity index (χ1) is 15.1. The van der Waals surface area contributed by atoms with Crippen molar-refractivity contribution >= 4 is 27.5 Å². The number of esters is 1. The first-order valence-electron chi connectivity index (χ1n) is 11.9. The number of hydrogen-bond acceptors (Lipinski definition) is 3. The molecule has 0 unspecified atom stereocenters. The molecule has 0 fully saturated rings. The van der Waals surface area contributed by atoms with Crippen LogP contribution in [0, 0.1) is 0 Å². The van der Waals surface area contributed by atoms with Gasteiger partial charge >= 0.3 is 5.97 Å². The summed E-state index contributed by atoms with van der Waals surface area (Å²) < 4.78 is 11.3. The maximum absolute atomic E-state index is 11.5. The lowest BCUT2D eigenvalue weighted by Gasteiger charge is -2.10. The fourth-order valence-electron chi connectivity index (χ4n) is 4.00. The van der Waals surface area contributed by atoms with Crippen molar-refractivity contribution in [3.8, 4) is 5.75 Å². The van der Waals surface area contributed by atoms with Crippen LogP contribution in [0.3, 0.4) is 0 Å². The van der Waals surface area contributed by atoms with Gasteiger partial charge in [0.15, 0.2) is 0 Å². The molecule has 31 heavy (non-hydrogen) atoms. The van der Waals surface area contributed by atoms with Gasteiger partial charge in [-0.05, 0) is 61.0 Å². The van der Waals surface area contributed by atoms with Crippen molar-refractivity contribution in [2.75, 3.05) is 6.61 Å². The molecule has 3 rings (SSSR count). The summed E-state index contributed by atoms with van der Waals surface area (Å²) in [6, 6.07) is 19.3. The minimum Gasteiger partial charge on any atom is -0.493 e. The van der Waals surface area contributed by atoms with Crippen molar-refractivity contribution in [2.24, 2.45) is 0 Å². The van der Waals surface area contributed by atoms with Crippen LogP contribution in [-0.2, 0) is 9.53 Å². The highest BCUT2D eigenvalue weighted by Gasteiger charge is 2.05. The molecule has 0 atom stereocenters. The summed E-state index contributed by atoms with van der Waals surface area (Å²) in [6.07, 6.45) is 9.86. The van der Waals surface area contributed by atoms with E-state index in [1.807, 2.05) is 13.8 Å². The van der Waals surface area contributed by atoms with Gasteiger partial charge in [-0.2, -0.15) is 0 Å². The van der Waals surface area contributed by atoms with Gasteiger partial charge in [0.05, 0.1) is 12.7 Å². The quantitative estimate of drug-likeness (QED) is 0.160. The number of carbonyl (C=O) groups is 1. The van der Waals surface area contributed by atoms with Crippen molar-refractivity contribution < 1.29 is 14.3 Å². The van der Waals surface area contributed by atoms with Gasteiger partial charge in [0.25, 0.3) is 0 Å². The first-order valence-corrected chi connectivity index (χ1v) is 11.9. The van der Waals surface area contributed by atoms with Gasteiger partial charge in [-0.25, -0.2) is 0 Å². The van der Waals surface area contributed by atoms with E-state index in [-0.39, 0.29) is 12.1 Å². The first kappa shape index (κ1) is 23.1. The molecular weight excluding hydrogens is 384 g/mol. The Labute approximate surface area is 186 Å². The summed E-state index contributed by atoms with van der Waals surface area (Å²) in [5, 5.41) is 4.94. The molecule has 0 aliphatic rings. The molecule has 0 N–H and O–H groups in total.